The van der Waals surface area contributed by atoms with E-state index in [1.165, 1.54) is 0 Å². The molecule has 0 spiro atoms. The predicted octanol–water partition coefficient (Wildman–Crippen LogP) is 2.40. The Morgan fingerprint density at radius 2 is 2.05 bits per heavy atom. The maximum Gasteiger partial charge on any atom is 0.241 e. The first kappa shape index (κ1) is 16.0. The maximum atomic E-state index is 12.6. The Morgan fingerprint density at radius 3 is 2.57 bits per heavy atom. The minimum absolute atomic E-state index is 0.0466. The van der Waals surface area contributed by atoms with Gasteiger partial charge in [0.15, 0.2) is 0 Å². The molecule has 0 aliphatic heterocycles. The maximum absolute atomic E-state index is 12.6. The van der Waals surface area contributed by atoms with Crippen molar-refractivity contribution in [3.8, 4) is 0 Å². The van der Waals surface area contributed by atoms with Crippen LogP contribution in [0.3, 0.4) is 0 Å². The number of hydrogen-bond acceptors (Lipinski definition) is 3. The first-order valence-corrected chi connectivity index (χ1v) is 7.59. The molecule has 3 N–H and O–H groups in total. The molecule has 0 radical (unpaired) electrons. The molecule has 4 nitrogen and oxygen atoms in total. The molecule has 0 aromatic heterocycles. The summed E-state index contributed by atoms with van der Waals surface area (Å²) in [7, 11) is 0. The van der Waals surface area contributed by atoms with Gasteiger partial charge in [-0.25, -0.2) is 0 Å². The summed E-state index contributed by atoms with van der Waals surface area (Å²) < 4.78 is 5.67. The highest BCUT2D eigenvalue weighted by atomic mass is 16.5. The third kappa shape index (κ3) is 2.70. The lowest BCUT2D eigenvalue weighted by atomic mass is 9.54. The third-order valence-electron chi connectivity index (χ3n) is 4.88. The molecule has 0 bridgehead atoms. The molecule has 2 rings (SSSR count). The Hall–Kier alpha value is -1.39. The van der Waals surface area contributed by atoms with Crippen LogP contribution in [-0.2, 0) is 9.53 Å². The molecule has 0 saturated heterocycles. The molecule has 1 aliphatic rings. The lowest BCUT2D eigenvalue weighted by Crippen LogP contribution is -2.75. The highest BCUT2D eigenvalue weighted by molar-refractivity contribution is 5.89. The lowest BCUT2D eigenvalue weighted by molar-refractivity contribution is -0.171. The van der Waals surface area contributed by atoms with E-state index in [1.807, 2.05) is 58.0 Å². The quantitative estimate of drug-likeness (QED) is 0.875. The largest absolute Gasteiger partial charge is 0.378 e. The van der Waals surface area contributed by atoms with Crippen LogP contribution in [0.2, 0.25) is 0 Å². The van der Waals surface area contributed by atoms with Crippen LogP contribution in [0.1, 0.15) is 45.7 Å². The zero-order valence-electron chi connectivity index (χ0n) is 13.3. The van der Waals surface area contributed by atoms with Gasteiger partial charge in [0, 0.05) is 18.4 Å². The highest BCUT2D eigenvalue weighted by Gasteiger charge is 2.62. The van der Waals surface area contributed by atoms with Gasteiger partial charge in [0.05, 0.1) is 12.1 Å². The smallest absolute Gasteiger partial charge is 0.241 e. The SMILES string of the molecule is CCOC1CC(N)(C(=O)N[C@H](C)c2ccccc2)C1(C)C. The van der Waals surface area contributed by atoms with Gasteiger partial charge in [-0.2, -0.15) is 0 Å². The van der Waals surface area contributed by atoms with Crippen LogP contribution in [0.4, 0.5) is 0 Å². The van der Waals surface area contributed by atoms with Crippen molar-refractivity contribution < 1.29 is 9.53 Å². The Kier molecular flexibility index (Phi) is 4.40. The minimum Gasteiger partial charge on any atom is -0.378 e. The van der Waals surface area contributed by atoms with Gasteiger partial charge in [0.2, 0.25) is 5.91 Å². The topological polar surface area (TPSA) is 64.3 Å². The normalized spacial score (nSPS) is 28.5. The van der Waals surface area contributed by atoms with Crippen LogP contribution in [-0.4, -0.2) is 24.2 Å². The molecule has 1 aromatic rings. The van der Waals surface area contributed by atoms with Gasteiger partial charge in [-0.05, 0) is 19.4 Å². The van der Waals surface area contributed by atoms with Gasteiger partial charge in [0.1, 0.15) is 5.54 Å². The summed E-state index contributed by atoms with van der Waals surface area (Å²) in [5.41, 5.74) is 6.23. The van der Waals surface area contributed by atoms with Crippen LogP contribution in [0.5, 0.6) is 0 Å². The zero-order valence-corrected chi connectivity index (χ0v) is 13.3. The van der Waals surface area contributed by atoms with Crippen LogP contribution >= 0.6 is 0 Å². The molecule has 116 valence electrons. The van der Waals surface area contributed by atoms with E-state index in [9.17, 15) is 4.79 Å². The van der Waals surface area contributed by atoms with Crippen molar-refractivity contribution in [1.29, 1.82) is 0 Å². The standard InChI is InChI=1S/C17H26N2O2/c1-5-21-14-11-17(18,16(14,3)4)15(20)19-12(2)13-9-7-6-8-10-13/h6-10,12,14H,5,11,18H2,1-4H3,(H,19,20)/t12-,14?,17?/m1/s1. The summed E-state index contributed by atoms with van der Waals surface area (Å²) in [5, 5.41) is 3.04. The first-order chi connectivity index (χ1) is 9.83. The van der Waals surface area contributed by atoms with Crippen LogP contribution in [0.25, 0.3) is 0 Å². The summed E-state index contributed by atoms with van der Waals surface area (Å²) in [6.07, 6.45) is 0.617. The van der Waals surface area contributed by atoms with E-state index in [4.69, 9.17) is 10.5 Å². The first-order valence-electron chi connectivity index (χ1n) is 7.59. The van der Waals surface area contributed by atoms with Crippen LogP contribution in [0.15, 0.2) is 30.3 Å². The number of rotatable bonds is 5. The number of hydrogen-bond donors (Lipinski definition) is 2. The van der Waals surface area contributed by atoms with Crippen molar-refractivity contribution in [3.63, 3.8) is 0 Å². The number of nitrogens with one attached hydrogen (secondary N) is 1. The molecule has 1 saturated carbocycles. The van der Waals surface area contributed by atoms with E-state index in [0.717, 1.165) is 5.56 Å². The lowest BCUT2D eigenvalue weighted by Gasteiger charge is -2.57. The molecular weight excluding hydrogens is 264 g/mol. The van der Waals surface area contributed by atoms with Crippen molar-refractivity contribution in [2.45, 2.75) is 51.8 Å². The Labute approximate surface area is 127 Å². The third-order valence-corrected chi connectivity index (χ3v) is 4.88. The molecule has 21 heavy (non-hydrogen) atoms. The second kappa shape index (κ2) is 5.78. The predicted molar refractivity (Wildman–Crippen MR) is 83.7 cm³/mol. The molecule has 2 unspecified atom stereocenters. The van der Waals surface area contributed by atoms with E-state index in [1.54, 1.807) is 0 Å². The Balaban J connectivity index is 2.04. The summed E-state index contributed by atoms with van der Waals surface area (Å²) >= 11 is 0. The highest BCUT2D eigenvalue weighted by Crippen LogP contribution is 2.50. The average molecular weight is 290 g/mol. The van der Waals surface area contributed by atoms with E-state index in [2.05, 4.69) is 5.32 Å². The van der Waals surface area contributed by atoms with Gasteiger partial charge in [0.25, 0.3) is 0 Å². The molecule has 0 heterocycles. The van der Waals surface area contributed by atoms with Crippen molar-refractivity contribution in [2.75, 3.05) is 6.61 Å². The zero-order chi connectivity index (χ0) is 15.7. The second-order valence-corrected chi connectivity index (χ2v) is 6.45. The fourth-order valence-corrected chi connectivity index (χ4v) is 2.97. The van der Waals surface area contributed by atoms with Gasteiger partial charge in [-0.1, -0.05) is 44.2 Å². The number of carbonyl (C=O) groups is 1. The van der Waals surface area contributed by atoms with Gasteiger partial charge in [-0.3, -0.25) is 4.79 Å². The monoisotopic (exact) mass is 290 g/mol. The number of amides is 1. The van der Waals surface area contributed by atoms with E-state index >= 15 is 0 Å². The molecule has 1 fully saturated rings. The molecule has 3 atom stereocenters. The van der Waals surface area contributed by atoms with Gasteiger partial charge in [-0.15, -0.1) is 0 Å². The fraction of sp³-hybridized carbons (Fsp3) is 0.588. The van der Waals surface area contributed by atoms with Crippen molar-refractivity contribution in [2.24, 2.45) is 11.1 Å². The fourth-order valence-electron chi connectivity index (χ4n) is 2.97. The summed E-state index contributed by atoms with van der Waals surface area (Å²) in [6, 6.07) is 9.85. The molecular formula is C17H26N2O2. The van der Waals surface area contributed by atoms with Crippen molar-refractivity contribution >= 4 is 5.91 Å². The number of nitrogens with two attached hydrogens (primary N) is 1. The minimum atomic E-state index is -0.865. The summed E-state index contributed by atoms with van der Waals surface area (Å²) in [5.74, 6) is -0.0974. The van der Waals surface area contributed by atoms with Gasteiger partial charge >= 0.3 is 0 Å². The average Bonchev–Trinajstić information content (AvgIpc) is 2.47. The molecule has 1 aliphatic carbocycles. The molecule has 4 heteroatoms. The van der Waals surface area contributed by atoms with E-state index in [-0.39, 0.29) is 23.5 Å². The number of ether oxygens (including phenoxy) is 1. The van der Waals surface area contributed by atoms with Crippen LogP contribution < -0.4 is 11.1 Å². The van der Waals surface area contributed by atoms with E-state index in [0.29, 0.717) is 13.0 Å². The van der Waals surface area contributed by atoms with Crippen molar-refractivity contribution in [3.05, 3.63) is 35.9 Å². The molecule has 1 aromatic carbocycles. The Morgan fingerprint density at radius 1 is 1.43 bits per heavy atom. The summed E-state index contributed by atoms with van der Waals surface area (Å²) in [6.45, 7) is 8.59. The number of carbonyl (C=O) groups excluding carboxylic acids is 1. The Bertz CT molecular complexity index is 501. The molecule has 1 amide bonds. The van der Waals surface area contributed by atoms with E-state index < -0.39 is 5.54 Å². The number of benzene rings is 1. The van der Waals surface area contributed by atoms with Gasteiger partial charge < -0.3 is 15.8 Å². The summed E-state index contributed by atoms with van der Waals surface area (Å²) in [4.78, 5) is 12.6. The second-order valence-electron chi connectivity index (χ2n) is 6.45. The van der Waals surface area contributed by atoms with Crippen LogP contribution in [0, 0.1) is 5.41 Å². The van der Waals surface area contributed by atoms with Crippen molar-refractivity contribution in [1.82, 2.24) is 5.32 Å².